The second-order valence-corrected chi connectivity index (χ2v) is 7.97. The lowest BCUT2D eigenvalue weighted by atomic mass is 9.76. The second-order valence-electron chi connectivity index (χ2n) is 7.97. The topological polar surface area (TPSA) is 83.5 Å². The van der Waals surface area contributed by atoms with Crippen LogP contribution in [-0.4, -0.2) is 29.1 Å². The number of halogens is 1. The largest absolute Gasteiger partial charge is 0.507 e. The highest BCUT2D eigenvalue weighted by atomic mass is 19.1. The Morgan fingerprint density at radius 1 is 0.938 bits per heavy atom. The molecule has 6 heteroatoms. The van der Waals surface area contributed by atoms with Crippen LogP contribution in [0.4, 0.5) is 4.39 Å². The molecule has 0 heterocycles. The smallest absolute Gasteiger partial charge is 0.255 e. The molecule has 32 heavy (non-hydrogen) atoms. The predicted molar refractivity (Wildman–Crippen MR) is 120 cm³/mol. The summed E-state index contributed by atoms with van der Waals surface area (Å²) in [6, 6.07) is 12.2. The summed E-state index contributed by atoms with van der Waals surface area (Å²) in [7, 11) is 0. The highest BCUT2D eigenvalue weighted by molar-refractivity contribution is 6.25. The predicted octanol–water partition coefficient (Wildman–Crippen LogP) is 4.63. The monoisotopic (exact) mass is 435 g/mol. The van der Waals surface area contributed by atoms with E-state index >= 15 is 0 Å². The van der Waals surface area contributed by atoms with Gasteiger partial charge in [0.25, 0.3) is 5.91 Å². The average Bonchev–Trinajstić information content (AvgIpc) is 2.78. The standard InChI is InChI=1S/C26H26FNO4/c1-15-16(2)25(31)23(17(3)24(15)30)20(18-10-12-19(27)13-11-18)8-6-14-28-26(32)21-7-4-5-9-22(21)29/h4-5,7,9-13,20,29H,6,8,14H2,1-3H3,(H,28,32). The summed E-state index contributed by atoms with van der Waals surface area (Å²) in [6.45, 7) is 5.27. The van der Waals surface area contributed by atoms with Crippen molar-refractivity contribution in [2.45, 2.75) is 39.5 Å². The van der Waals surface area contributed by atoms with E-state index in [4.69, 9.17) is 0 Å². The van der Waals surface area contributed by atoms with Crippen LogP contribution < -0.4 is 5.32 Å². The molecule has 0 radical (unpaired) electrons. The number of allylic oxidation sites excluding steroid dienone is 4. The van der Waals surface area contributed by atoms with E-state index in [1.54, 1.807) is 45.0 Å². The average molecular weight is 435 g/mol. The van der Waals surface area contributed by atoms with Crippen molar-refractivity contribution in [1.29, 1.82) is 0 Å². The number of benzene rings is 2. The number of hydrogen-bond donors (Lipinski definition) is 2. The van der Waals surface area contributed by atoms with Gasteiger partial charge in [0.2, 0.25) is 0 Å². The Balaban J connectivity index is 1.80. The summed E-state index contributed by atoms with van der Waals surface area (Å²) in [5, 5.41) is 12.6. The van der Waals surface area contributed by atoms with E-state index in [-0.39, 0.29) is 28.7 Å². The van der Waals surface area contributed by atoms with E-state index in [0.717, 1.165) is 5.56 Å². The molecule has 2 aromatic rings. The molecule has 1 aliphatic carbocycles. The number of Topliss-reactive ketones (excluding diaryl/α,β-unsaturated/α-hetero) is 2. The summed E-state index contributed by atoms with van der Waals surface area (Å²) in [5.41, 5.74) is 2.63. The van der Waals surface area contributed by atoms with Gasteiger partial charge in [0.1, 0.15) is 11.6 Å². The van der Waals surface area contributed by atoms with Crippen LogP contribution in [0, 0.1) is 5.82 Å². The summed E-state index contributed by atoms with van der Waals surface area (Å²) >= 11 is 0. The third kappa shape index (κ3) is 4.69. The highest BCUT2D eigenvalue weighted by Crippen LogP contribution is 2.37. The number of hydrogen-bond acceptors (Lipinski definition) is 4. The van der Waals surface area contributed by atoms with Crippen molar-refractivity contribution in [3.05, 3.63) is 87.8 Å². The van der Waals surface area contributed by atoms with Gasteiger partial charge in [-0.05, 0) is 63.4 Å². The van der Waals surface area contributed by atoms with Gasteiger partial charge >= 0.3 is 0 Å². The van der Waals surface area contributed by atoms with E-state index in [0.29, 0.717) is 41.7 Å². The SMILES string of the molecule is CC1=C(C)C(=O)C(C(CCCNC(=O)c2ccccc2O)c2ccc(F)cc2)=C(C)C1=O. The van der Waals surface area contributed by atoms with Gasteiger partial charge in [-0.2, -0.15) is 0 Å². The van der Waals surface area contributed by atoms with Crippen LogP contribution in [0.3, 0.4) is 0 Å². The fourth-order valence-electron chi connectivity index (χ4n) is 3.98. The van der Waals surface area contributed by atoms with Crippen molar-refractivity contribution >= 4 is 17.5 Å². The van der Waals surface area contributed by atoms with E-state index in [2.05, 4.69) is 5.32 Å². The lowest BCUT2D eigenvalue weighted by Gasteiger charge is -2.26. The van der Waals surface area contributed by atoms with Crippen LogP contribution in [0.15, 0.2) is 70.8 Å². The first-order chi connectivity index (χ1) is 15.2. The van der Waals surface area contributed by atoms with Gasteiger partial charge in [0, 0.05) is 34.8 Å². The van der Waals surface area contributed by atoms with Crippen molar-refractivity contribution in [3.63, 3.8) is 0 Å². The Labute approximate surface area is 186 Å². The summed E-state index contributed by atoms with van der Waals surface area (Å²) in [6.07, 6.45) is 0.992. The number of ketones is 2. The van der Waals surface area contributed by atoms with Gasteiger partial charge in [-0.1, -0.05) is 24.3 Å². The molecule has 0 saturated carbocycles. The minimum atomic E-state index is -0.405. The van der Waals surface area contributed by atoms with Crippen molar-refractivity contribution < 1.29 is 23.9 Å². The summed E-state index contributed by atoms with van der Waals surface area (Å²) in [5.74, 6) is -1.61. The molecule has 1 atom stereocenters. The Hall–Kier alpha value is -3.54. The van der Waals surface area contributed by atoms with Gasteiger partial charge in [0.15, 0.2) is 11.6 Å². The van der Waals surface area contributed by atoms with Crippen molar-refractivity contribution in [2.24, 2.45) is 0 Å². The minimum absolute atomic E-state index is 0.0982. The molecule has 0 bridgehead atoms. The maximum Gasteiger partial charge on any atom is 0.255 e. The van der Waals surface area contributed by atoms with Crippen LogP contribution in [0.5, 0.6) is 5.75 Å². The number of rotatable bonds is 7. The molecule has 0 aliphatic heterocycles. The number of carbonyl (C=O) groups is 3. The molecule has 0 spiro atoms. The molecule has 0 saturated heterocycles. The van der Waals surface area contributed by atoms with Crippen LogP contribution in [0.2, 0.25) is 0 Å². The zero-order chi connectivity index (χ0) is 23.4. The molecule has 0 aromatic heterocycles. The number of para-hydroxylation sites is 1. The first-order valence-electron chi connectivity index (χ1n) is 10.5. The van der Waals surface area contributed by atoms with Gasteiger partial charge in [0.05, 0.1) is 5.56 Å². The maximum atomic E-state index is 13.5. The Morgan fingerprint density at radius 2 is 1.56 bits per heavy atom. The number of nitrogens with one attached hydrogen (secondary N) is 1. The molecular formula is C26H26FNO4. The molecule has 0 fully saturated rings. The molecule has 1 amide bonds. The number of amides is 1. The quantitative estimate of drug-likeness (QED) is 0.491. The van der Waals surface area contributed by atoms with Crippen molar-refractivity contribution in [2.75, 3.05) is 6.54 Å². The first-order valence-corrected chi connectivity index (χ1v) is 10.5. The van der Waals surface area contributed by atoms with Crippen LogP contribution in [0.1, 0.15) is 55.5 Å². The molecule has 1 aliphatic rings. The van der Waals surface area contributed by atoms with Gasteiger partial charge in [-0.3, -0.25) is 14.4 Å². The molecule has 1 unspecified atom stereocenters. The zero-order valence-corrected chi connectivity index (χ0v) is 18.4. The number of carbonyl (C=O) groups excluding carboxylic acids is 3. The number of phenolic OH excluding ortho intramolecular Hbond substituents is 1. The number of phenols is 1. The lowest BCUT2D eigenvalue weighted by Crippen LogP contribution is -2.27. The molecule has 5 nitrogen and oxygen atoms in total. The van der Waals surface area contributed by atoms with Crippen LogP contribution in [-0.2, 0) is 9.59 Å². The normalized spacial score (nSPS) is 15.2. The zero-order valence-electron chi connectivity index (χ0n) is 18.4. The fourth-order valence-corrected chi connectivity index (χ4v) is 3.98. The van der Waals surface area contributed by atoms with Crippen LogP contribution in [0.25, 0.3) is 0 Å². The summed E-state index contributed by atoms with van der Waals surface area (Å²) in [4.78, 5) is 38.1. The fraction of sp³-hybridized carbons (Fsp3) is 0.269. The Morgan fingerprint density at radius 3 is 2.22 bits per heavy atom. The lowest BCUT2D eigenvalue weighted by molar-refractivity contribution is -0.116. The van der Waals surface area contributed by atoms with Crippen molar-refractivity contribution in [1.82, 2.24) is 5.32 Å². The third-order valence-electron chi connectivity index (χ3n) is 5.96. The number of aromatic hydroxyl groups is 1. The molecular weight excluding hydrogens is 409 g/mol. The van der Waals surface area contributed by atoms with E-state index in [1.165, 1.54) is 24.3 Å². The minimum Gasteiger partial charge on any atom is -0.507 e. The maximum absolute atomic E-state index is 13.5. The first kappa shape index (κ1) is 23.1. The van der Waals surface area contributed by atoms with Crippen LogP contribution >= 0.6 is 0 Å². The molecule has 166 valence electrons. The molecule has 2 aromatic carbocycles. The van der Waals surface area contributed by atoms with Crippen molar-refractivity contribution in [3.8, 4) is 5.75 Å². The van der Waals surface area contributed by atoms with E-state index in [1.807, 2.05) is 0 Å². The van der Waals surface area contributed by atoms with Gasteiger partial charge in [-0.25, -0.2) is 4.39 Å². The molecule has 3 rings (SSSR count). The van der Waals surface area contributed by atoms with E-state index in [9.17, 15) is 23.9 Å². The summed E-state index contributed by atoms with van der Waals surface area (Å²) < 4.78 is 13.5. The molecule has 2 N–H and O–H groups in total. The third-order valence-corrected chi connectivity index (χ3v) is 5.96. The van der Waals surface area contributed by atoms with E-state index < -0.39 is 11.8 Å². The Kier molecular flexibility index (Phi) is 7.03. The Bertz CT molecular complexity index is 1130. The van der Waals surface area contributed by atoms with Gasteiger partial charge in [-0.15, -0.1) is 0 Å². The highest BCUT2D eigenvalue weighted by Gasteiger charge is 2.33. The van der Waals surface area contributed by atoms with Gasteiger partial charge < -0.3 is 10.4 Å². The second kappa shape index (κ2) is 9.73.